The number of rotatable bonds is 9. The monoisotopic (exact) mass is 615 g/mol. The van der Waals surface area contributed by atoms with E-state index in [1.54, 1.807) is 25.1 Å². The molecule has 0 radical (unpaired) electrons. The highest BCUT2D eigenvalue weighted by molar-refractivity contribution is 7.92. The molecule has 0 bridgehead atoms. The van der Waals surface area contributed by atoms with Crippen molar-refractivity contribution in [1.29, 1.82) is 0 Å². The highest BCUT2D eigenvalue weighted by atomic mass is 35.5. The number of carbonyl (C=O) groups is 2. The van der Waals surface area contributed by atoms with Gasteiger partial charge in [-0.1, -0.05) is 72.3 Å². The zero-order valence-corrected chi connectivity index (χ0v) is 23.7. The van der Waals surface area contributed by atoms with Crippen molar-refractivity contribution in [2.24, 2.45) is 0 Å². The number of sulfonamides is 1. The van der Waals surface area contributed by atoms with Crippen LogP contribution in [0.2, 0.25) is 5.02 Å². The van der Waals surface area contributed by atoms with Crippen molar-refractivity contribution in [3.63, 3.8) is 0 Å². The quantitative estimate of drug-likeness (QED) is 0.219. The van der Waals surface area contributed by atoms with Crippen LogP contribution in [0.1, 0.15) is 34.5 Å². The van der Waals surface area contributed by atoms with Crippen molar-refractivity contribution in [3.05, 3.63) is 125 Å². The Morgan fingerprint density at radius 2 is 1.48 bits per heavy atom. The third kappa shape index (κ3) is 7.10. The lowest BCUT2D eigenvalue weighted by molar-refractivity contribution is -0.137. The summed E-state index contributed by atoms with van der Waals surface area (Å²) in [5.41, 5.74) is -0.652. The lowest BCUT2D eigenvalue weighted by atomic mass is 10.1. The van der Waals surface area contributed by atoms with Crippen molar-refractivity contribution in [3.8, 4) is 0 Å². The number of hydrogen-bond acceptors (Lipinski definition) is 4. The number of nitrogens with zero attached hydrogens (tertiary/aromatic N) is 1. The molecule has 0 aromatic heterocycles. The number of amides is 2. The minimum absolute atomic E-state index is 0.0764. The number of para-hydroxylation sites is 1. The van der Waals surface area contributed by atoms with Crippen LogP contribution >= 0.6 is 11.6 Å². The van der Waals surface area contributed by atoms with Gasteiger partial charge in [0, 0.05) is 0 Å². The molecule has 218 valence electrons. The zero-order chi connectivity index (χ0) is 30.5. The van der Waals surface area contributed by atoms with Crippen molar-refractivity contribution >= 4 is 44.8 Å². The lowest BCUT2D eigenvalue weighted by Crippen LogP contribution is -2.39. The Balaban J connectivity index is 1.65. The SMILES string of the molecule is CC(NC(=O)c1ccccc1NC(=O)CN(c1cc(C(F)(F)F)ccc1Cl)S(=O)(=O)c1ccccc1)c1ccccc1. The van der Waals surface area contributed by atoms with Gasteiger partial charge in [0.05, 0.1) is 38.5 Å². The normalized spacial score (nSPS) is 12.3. The fourth-order valence-corrected chi connectivity index (χ4v) is 5.83. The van der Waals surface area contributed by atoms with E-state index >= 15 is 0 Å². The average molecular weight is 616 g/mol. The summed E-state index contributed by atoms with van der Waals surface area (Å²) in [7, 11) is -4.56. The molecule has 0 saturated carbocycles. The summed E-state index contributed by atoms with van der Waals surface area (Å²) in [5, 5.41) is 5.05. The van der Waals surface area contributed by atoms with E-state index in [2.05, 4.69) is 10.6 Å². The third-order valence-corrected chi connectivity index (χ3v) is 8.35. The molecule has 0 fully saturated rings. The van der Waals surface area contributed by atoms with Crippen LogP contribution in [0.4, 0.5) is 24.5 Å². The predicted molar refractivity (Wildman–Crippen MR) is 155 cm³/mol. The van der Waals surface area contributed by atoms with Gasteiger partial charge in [0.25, 0.3) is 15.9 Å². The van der Waals surface area contributed by atoms with Gasteiger partial charge in [-0.25, -0.2) is 8.42 Å². The maximum absolute atomic E-state index is 13.6. The van der Waals surface area contributed by atoms with E-state index in [1.807, 2.05) is 30.3 Å². The highest BCUT2D eigenvalue weighted by Gasteiger charge is 2.34. The summed E-state index contributed by atoms with van der Waals surface area (Å²) in [5.74, 6) is -1.42. The third-order valence-electron chi connectivity index (χ3n) is 6.25. The first-order chi connectivity index (χ1) is 19.9. The second kappa shape index (κ2) is 12.7. The Morgan fingerprint density at radius 1 is 0.881 bits per heavy atom. The lowest BCUT2D eigenvalue weighted by Gasteiger charge is -2.26. The Morgan fingerprint density at radius 3 is 2.12 bits per heavy atom. The molecular formula is C30H25ClF3N3O4S. The molecular weight excluding hydrogens is 591 g/mol. The molecule has 4 rings (SSSR count). The fourth-order valence-electron chi connectivity index (χ4n) is 4.11. The van der Waals surface area contributed by atoms with Crippen LogP contribution in [-0.4, -0.2) is 26.8 Å². The predicted octanol–water partition coefficient (Wildman–Crippen LogP) is 6.68. The minimum atomic E-state index is -4.80. The largest absolute Gasteiger partial charge is 0.416 e. The molecule has 0 heterocycles. The standard InChI is InChI=1S/C30H25ClF3N3O4S/c1-20(21-10-4-2-5-11-21)35-29(39)24-14-8-9-15-26(24)36-28(38)19-37(42(40,41)23-12-6-3-7-13-23)27-18-22(30(32,33)34)16-17-25(27)31/h2-18,20H,19H2,1H3,(H,35,39)(H,36,38). The maximum atomic E-state index is 13.6. The Kier molecular flexibility index (Phi) is 9.23. The summed E-state index contributed by atoms with van der Waals surface area (Å²) in [6, 6.07) is 24.0. The van der Waals surface area contributed by atoms with Gasteiger partial charge in [-0.3, -0.25) is 13.9 Å². The van der Waals surface area contributed by atoms with Gasteiger partial charge in [-0.15, -0.1) is 0 Å². The molecule has 4 aromatic carbocycles. The van der Waals surface area contributed by atoms with E-state index in [-0.39, 0.29) is 27.2 Å². The number of carbonyl (C=O) groups excluding carboxylic acids is 2. The first-order valence-corrected chi connectivity index (χ1v) is 14.4. The Bertz CT molecular complexity index is 1690. The van der Waals surface area contributed by atoms with Gasteiger partial charge in [0.15, 0.2) is 0 Å². The summed E-state index contributed by atoms with van der Waals surface area (Å²) < 4.78 is 68.3. The maximum Gasteiger partial charge on any atom is 0.416 e. The number of benzene rings is 4. The highest BCUT2D eigenvalue weighted by Crippen LogP contribution is 2.37. The van der Waals surface area contributed by atoms with E-state index in [0.717, 1.165) is 11.6 Å². The molecule has 0 spiro atoms. The molecule has 1 unspecified atom stereocenters. The van der Waals surface area contributed by atoms with Crippen molar-refractivity contribution in [2.75, 3.05) is 16.2 Å². The number of halogens is 4. The second-order valence-electron chi connectivity index (χ2n) is 9.19. The summed E-state index contributed by atoms with van der Waals surface area (Å²) in [4.78, 5) is 26.1. The Hall–Kier alpha value is -4.35. The molecule has 7 nitrogen and oxygen atoms in total. The number of alkyl halides is 3. The van der Waals surface area contributed by atoms with Crippen LogP contribution in [0.15, 0.2) is 108 Å². The molecule has 2 N–H and O–H groups in total. The van der Waals surface area contributed by atoms with Gasteiger partial charge < -0.3 is 10.6 Å². The van der Waals surface area contributed by atoms with Gasteiger partial charge in [-0.05, 0) is 55.0 Å². The first kappa shape index (κ1) is 30.6. The van der Waals surface area contributed by atoms with Gasteiger partial charge in [0.2, 0.25) is 5.91 Å². The molecule has 0 saturated heterocycles. The molecule has 0 aliphatic heterocycles. The van der Waals surface area contributed by atoms with Crippen LogP contribution in [0.25, 0.3) is 0 Å². The van der Waals surface area contributed by atoms with Gasteiger partial charge in [-0.2, -0.15) is 13.2 Å². The van der Waals surface area contributed by atoms with E-state index < -0.39 is 45.8 Å². The fraction of sp³-hybridized carbons (Fsp3) is 0.133. The molecule has 42 heavy (non-hydrogen) atoms. The molecule has 0 aliphatic rings. The number of nitrogens with one attached hydrogen (secondary N) is 2. The zero-order valence-electron chi connectivity index (χ0n) is 22.1. The average Bonchev–Trinajstić information content (AvgIpc) is 2.97. The van der Waals surface area contributed by atoms with E-state index in [1.165, 1.54) is 36.4 Å². The smallest absolute Gasteiger partial charge is 0.345 e. The molecule has 0 aliphatic carbocycles. The Labute approximate surface area is 246 Å². The minimum Gasteiger partial charge on any atom is -0.345 e. The van der Waals surface area contributed by atoms with Gasteiger partial charge in [0.1, 0.15) is 6.54 Å². The molecule has 1 atom stereocenters. The summed E-state index contributed by atoms with van der Waals surface area (Å²) in [6.07, 6.45) is -4.80. The van der Waals surface area contributed by atoms with Crippen LogP contribution in [0.3, 0.4) is 0 Å². The summed E-state index contributed by atoms with van der Waals surface area (Å²) >= 11 is 6.19. The number of anilines is 2. The first-order valence-electron chi connectivity index (χ1n) is 12.6. The summed E-state index contributed by atoms with van der Waals surface area (Å²) in [6.45, 7) is 0.855. The topological polar surface area (TPSA) is 95.6 Å². The molecule has 12 heteroatoms. The number of hydrogen-bond donors (Lipinski definition) is 2. The second-order valence-corrected chi connectivity index (χ2v) is 11.5. The van der Waals surface area contributed by atoms with Gasteiger partial charge >= 0.3 is 6.18 Å². The van der Waals surface area contributed by atoms with Crippen molar-refractivity contribution in [1.82, 2.24) is 5.32 Å². The van der Waals surface area contributed by atoms with E-state index in [0.29, 0.717) is 16.4 Å². The van der Waals surface area contributed by atoms with Crippen LogP contribution in [0.5, 0.6) is 0 Å². The van der Waals surface area contributed by atoms with Crippen LogP contribution in [0, 0.1) is 0 Å². The van der Waals surface area contributed by atoms with Crippen molar-refractivity contribution in [2.45, 2.75) is 24.0 Å². The van der Waals surface area contributed by atoms with Crippen molar-refractivity contribution < 1.29 is 31.2 Å². The van der Waals surface area contributed by atoms with Crippen LogP contribution < -0.4 is 14.9 Å². The van der Waals surface area contributed by atoms with E-state index in [9.17, 15) is 31.2 Å². The molecule has 2 amide bonds. The van der Waals surface area contributed by atoms with Crippen LogP contribution in [-0.2, 0) is 21.0 Å². The molecule has 4 aromatic rings. The van der Waals surface area contributed by atoms with E-state index in [4.69, 9.17) is 11.6 Å².